The van der Waals surface area contributed by atoms with Crippen LogP contribution in [0, 0.1) is 0 Å². The summed E-state index contributed by atoms with van der Waals surface area (Å²) < 4.78 is 9.62. The maximum absolute atomic E-state index is 2.44. The second kappa shape index (κ2) is 21.6. The Balaban J connectivity index is 0.000000135. The van der Waals surface area contributed by atoms with E-state index in [1.54, 1.807) is 0 Å². The topological polar surface area (TPSA) is 19.2 Å². The molecule has 5 aromatic heterocycles. The van der Waals surface area contributed by atoms with Crippen LogP contribution in [0.1, 0.15) is 0 Å². The largest absolute Gasteiger partial charge is 0.309 e. The Labute approximate surface area is 542 Å². The maximum atomic E-state index is 2.44. The monoisotopic (exact) mass is 1190 g/mol. The number of rotatable bonds is 8. The van der Waals surface area contributed by atoms with Gasteiger partial charge < -0.3 is 18.1 Å². The van der Waals surface area contributed by atoms with Crippen molar-refractivity contribution >= 4 is 104 Å². The zero-order valence-corrected chi connectivity index (χ0v) is 51.3. The van der Waals surface area contributed by atoms with E-state index in [1.165, 1.54) is 171 Å². The van der Waals surface area contributed by atoms with E-state index in [4.69, 9.17) is 0 Å². The van der Waals surface area contributed by atoms with Crippen LogP contribution in [0.2, 0.25) is 0 Å². The van der Waals surface area contributed by atoms with Crippen molar-refractivity contribution in [2.24, 2.45) is 0 Å². The summed E-state index contributed by atoms with van der Waals surface area (Å²) >= 11 is 0. The third kappa shape index (κ3) is 8.54. The van der Waals surface area contributed by atoms with Gasteiger partial charge in [-0.3, -0.25) is 0 Å². The van der Waals surface area contributed by atoms with Crippen LogP contribution in [0.25, 0.3) is 176 Å². The molecule has 0 fully saturated rings. The Morgan fingerprint density at radius 1 is 0.138 bits per heavy atom. The second-order valence-corrected chi connectivity index (χ2v) is 24.8. The highest BCUT2D eigenvalue weighted by atomic mass is 15.0. The maximum Gasteiger partial charge on any atom is 0.0620 e. The molecule has 94 heavy (non-hydrogen) atoms. The molecule has 20 aromatic rings. The van der Waals surface area contributed by atoms with Crippen molar-refractivity contribution < 1.29 is 0 Å². The lowest BCUT2D eigenvalue weighted by Crippen LogP contribution is -1.95. The van der Waals surface area contributed by atoms with Crippen LogP contribution >= 0.6 is 0 Å². The molecule has 0 saturated heterocycles. The van der Waals surface area contributed by atoms with E-state index in [0.717, 1.165) is 5.69 Å². The number of fused-ring (bicyclic) bond motifs is 15. The number of aromatic nitrogens is 4. The molecular formula is C90H58N4. The molecule has 0 aliphatic heterocycles. The molecule has 15 aromatic carbocycles. The molecule has 0 bridgehead atoms. The molecule has 0 aliphatic rings. The summed E-state index contributed by atoms with van der Waals surface area (Å²) in [5.41, 5.74) is 26.9. The molecule has 0 radical (unpaired) electrons. The Hall–Kier alpha value is -12.5. The van der Waals surface area contributed by atoms with Crippen LogP contribution in [0.4, 0.5) is 0 Å². The van der Waals surface area contributed by atoms with Crippen molar-refractivity contribution in [3.63, 3.8) is 0 Å². The highest BCUT2D eigenvalue weighted by molar-refractivity contribution is 6.24. The van der Waals surface area contributed by atoms with Crippen molar-refractivity contribution in [3.8, 4) is 72.7 Å². The zero-order chi connectivity index (χ0) is 61.8. The average Bonchev–Trinajstić information content (AvgIpc) is 1.65. The summed E-state index contributed by atoms with van der Waals surface area (Å²) in [4.78, 5) is 0. The smallest absolute Gasteiger partial charge is 0.0620 e. The summed E-state index contributed by atoms with van der Waals surface area (Å²) in [5, 5.41) is 12.8. The fourth-order valence-electron chi connectivity index (χ4n) is 15.2. The minimum Gasteiger partial charge on any atom is -0.309 e. The zero-order valence-electron chi connectivity index (χ0n) is 51.3. The summed E-state index contributed by atoms with van der Waals surface area (Å²) in [6.45, 7) is 0. The summed E-state index contributed by atoms with van der Waals surface area (Å²) in [6.07, 6.45) is 0. The van der Waals surface area contributed by atoms with Gasteiger partial charge in [0.1, 0.15) is 0 Å². The lowest BCUT2D eigenvalue weighted by atomic mass is 9.95. The van der Waals surface area contributed by atoms with Crippen molar-refractivity contribution in [1.82, 2.24) is 18.1 Å². The van der Waals surface area contributed by atoms with Crippen LogP contribution in [0.3, 0.4) is 0 Å². The van der Waals surface area contributed by atoms with E-state index in [1.807, 2.05) is 0 Å². The van der Waals surface area contributed by atoms with E-state index in [9.17, 15) is 0 Å². The van der Waals surface area contributed by atoms with Crippen LogP contribution in [0.15, 0.2) is 352 Å². The molecule has 5 heterocycles. The number of benzene rings is 15. The van der Waals surface area contributed by atoms with E-state index in [-0.39, 0.29) is 0 Å². The Kier molecular flexibility index (Phi) is 12.3. The van der Waals surface area contributed by atoms with Gasteiger partial charge in [0.2, 0.25) is 0 Å². The fraction of sp³-hybridized carbons (Fsp3) is 0. The third-order valence-corrected chi connectivity index (χ3v) is 19.6. The first-order chi connectivity index (χ1) is 46.6. The molecule has 4 nitrogen and oxygen atoms in total. The van der Waals surface area contributed by atoms with Crippen molar-refractivity contribution in [2.75, 3.05) is 0 Å². The highest BCUT2D eigenvalue weighted by Gasteiger charge is 2.21. The van der Waals surface area contributed by atoms with Gasteiger partial charge >= 0.3 is 0 Å². The molecule has 0 aliphatic carbocycles. The molecule has 20 rings (SSSR count). The first-order valence-electron chi connectivity index (χ1n) is 32.4. The van der Waals surface area contributed by atoms with Gasteiger partial charge in [-0.25, -0.2) is 0 Å². The van der Waals surface area contributed by atoms with Crippen LogP contribution in [-0.4, -0.2) is 18.1 Å². The summed E-state index contributed by atoms with van der Waals surface area (Å²) in [6, 6.07) is 128. The minimum atomic E-state index is 1.16. The first-order valence-corrected chi connectivity index (χ1v) is 32.4. The predicted molar refractivity (Wildman–Crippen MR) is 398 cm³/mol. The molecule has 438 valence electrons. The number of para-hydroxylation sites is 7. The third-order valence-electron chi connectivity index (χ3n) is 19.6. The van der Waals surface area contributed by atoms with Crippen molar-refractivity contribution in [2.45, 2.75) is 0 Å². The van der Waals surface area contributed by atoms with E-state index in [2.05, 4.69) is 370 Å². The van der Waals surface area contributed by atoms with Crippen molar-refractivity contribution in [1.29, 1.82) is 0 Å². The Morgan fingerprint density at radius 3 is 0.894 bits per heavy atom. The van der Waals surface area contributed by atoms with E-state index < -0.39 is 0 Å². The number of hydrogen-bond donors (Lipinski definition) is 0. The molecule has 0 saturated carbocycles. The van der Waals surface area contributed by atoms with Gasteiger partial charge in [0.25, 0.3) is 0 Å². The van der Waals surface area contributed by atoms with Gasteiger partial charge in [-0.2, -0.15) is 0 Å². The molecule has 0 atom stereocenters. The van der Waals surface area contributed by atoms with Crippen LogP contribution in [-0.2, 0) is 0 Å². The molecular weight excluding hydrogens is 1140 g/mol. The molecule has 0 N–H and O–H groups in total. The van der Waals surface area contributed by atoms with Crippen molar-refractivity contribution in [3.05, 3.63) is 352 Å². The fourth-order valence-corrected chi connectivity index (χ4v) is 15.2. The van der Waals surface area contributed by atoms with Gasteiger partial charge in [0.05, 0.1) is 49.7 Å². The van der Waals surface area contributed by atoms with Gasteiger partial charge in [-0.1, -0.05) is 237 Å². The standard InChI is InChI=1S/C48H31N3.C42H27N/c1-3-13-34(14-4-1)49-43-20-10-7-17-37(43)40-29-32(23-26-46(40)49)33-24-27-47-41(30-33)38-18-8-12-22-45(38)51(47)36-25-28-48-42(31-36)39-19-9-11-21-44(39)50(48)35-15-5-2-6-16-35;1-2-9-28(10-3-1)29-19-21-30(22-20-29)31-11-6-12-32(25-31)33-13-7-14-34(26-33)35-23-24-41-39(27-35)38-17-8-16-37-36-15-4-5-18-40(36)43(41)42(37)38/h1-31H;1-27H. The average molecular weight is 1200 g/mol. The first kappa shape index (κ1) is 53.3. The van der Waals surface area contributed by atoms with Gasteiger partial charge in [0, 0.05) is 70.9 Å². The normalized spacial score (nSPS) is 11.8. The molecule has 4 heteroatoms. The Morgan fingerprint density at radius 2 is 0.404 bits per heavy atom. The van der Waals surface area contributed by atoms with Gasteiger partial charge in [0.15, 0.2) is 0 Å². The minimum absolute atomic E-state index is 1.16. The predicted octanol–water partition coefficient (Wildman–Crippen LogP) is 24.1. The number of nitrogens with zero attached hydrogens (tertiary/aromatic N) is 4. The van der Waals surface area contributed by atoms with Crippen LogP contribution in [0.5, 0.6) is 0 Å². The van der Waals surface area contributed by atoms with Crippen LogP contribution < -0.4 is 0 Å². The number of hydrogen-bond acceptors (Lipinski definition) is 0. The molecule has 0 unspecified atom stereocenters. The molecule has 0 amide bonds. The quantitative estimate of drug-likeness (QED) is 0.144. The van der Waals surface area contributed by atoms with E-state index in [0.29, 0.717) is 0 Å². The SMILES string of the molecule is c1ccc(-c2ccc(-c3cccc(-c4cccc(-c5ccc6c(c5)c5cccc7c8ccccc8n6c75)c4)c3)cc2)cc1.c1ccc(-n2c3ccccc3c3cc(-c4ccc5c(c4)c4ccccc4n5-c4ccc5c(c4)c4ccccc4n5-c4ccccc4)ccc32)cc1. The second-order valence-electron chi connectivity index (χ2n) is 24.8. The lowest BCUT2D eigenvalue weighted by molar-refractivity contribution is 1.17. The summed E-state index contributed by atoms with van der Waals surface area (Å²) in [7, 11) is 0. The Bertz CT molecular complexity index is 6320. The highest BCUT2D eigenvalue weighted by Crippen LogP contribution is 2.43. The molecule has 0 spiro atoms. The van der Waals surface area contributed by atoms with Gasteiger partial charge in [-0.05, 0) is 171 Å². The van der Waals surface area contributed by atoms with E-state index >= 15 is 0 Å². The summed E-state index contributed by atoms with van der Waals surface area (Å²) in [5.74, 6) is 0. The lowest BCUT2D eigenvalue weighted by Gasteiger charge is -2.11. The van der Waals surface area contributed by atoms with Gasteiger partial charge in [-0.15, -0.1) is 0 Å².